The Morgan fingerprint density at radius 3 is 2.73 bits per heavy atom. The Hall–Kier alpha value is -1.06. The highest BCUT2D eigenvalue weighted by Gasteiger charge is 2.14. The van der Waals surface area contributed by atoms with Crippen molar-refractivity contribution in [3.05, 3.63) is 35.4 Å². The van der Waals surface area contributed by atoms with Crippen molar-refractivity contribution in [2.24, 2.45) is 0 Å². The summed E-state index contributed by atoms with van der Waals surface area (Å²) in [6.45, 7) is 1.80. The van der Waals surface area contributed by atoms with Gasteiger partial charge < -0.3 is 10.4 Å². The van der Waals surface area contributed by atoms with Crippen LogP contribution in [0.1, 0.15) is 17.2 Å². The van der Waals surface area contributed by atoms with Gasteiger partial charge in [-0.15, -0.1) is 11.6 Å². The molecule has 0 saturated heterocycles. The minimum Gasteiger partial charge on any atom is -0.394 e. The molecular formula is C11H14ClNO2. The molecular weight excluding hydrogens is 214 g/mol. The van der Waals surface area contributed by atoms with E-state index in [9.17, 15) is 9.90 Å². The zero-order valence-corrected chi connectivity index (χ0v) is 9.29. The zero-order valence-electron chi connectivity index (χ0n) is 8.53. The van der Waals surface area contributed by atoms with E-state index in [2.05, 4.69) is 5.32 Å². The number of alkyl halides is 1. The Balaban J connectivity index is 2.83. The lowest BCUT2D eigenvalue weighted by molar-refractivity contribution is -0.119. The highest BCUT2D eigenvalue weighted by Crippen LogP contribution is 2.16. The van der Waals surface area contributed by atoms with Crippen molar-refractivity contribution in [3.8, 4) is 0 Å². The summed E-state index contributed by atoms with van der Waals surface area (Å²) in [7, 11) is 0. The van der Waals surface area contributed by atoms with Gasteiger partial charge in [-0.05, 0) is 18.1 Å². The molecule has 0 fully saturated rings. The minimum atomic E-state index is -0.377. The number of carbonyl (C=O) groups excluding carboxylic acids is 1. The van der Waals surface area contributed by atoms with Crippen LogP contribution in [-0.4, -0.2) is 23.5 Å². The summed E-state index contributed by atoms with van der Waals surface area (Å²) < 4.78 is 0. The number of hydrogen-bond acceptors (Lipinski definition) is 2. The summed E-state index contributed by atoms with van der Waals surface area (Å²) in [5.41, 5.74) is 1.95. The third-order valence-electron chi connectivity index (χ3n) is 2.20. The van der Waals surface area contributed by atoms with Crippen LogP contribution in [0.15, 0.2) is 24.3 Å². The molecule has 1 aromatic rings. The molecule has 4 heteroatoms. The maximum Gasteiger partial charge on any atom is 0.235 e. The fourth-order valence-corrected chi connectivity index (χ4v) is 1.51. The Morgan fingerprint density at radius 2 is 2.20 bits per heavy atom. The van der Waals surface area contributed by atoms with E-state index in [1.807, 2.05) is 31.2 Å². The standard InChI is InChI=1S/C11H14ClNO2/c1-8-4-2-3-5-9(8)10(7-14)13-11(15)6-12/h2-5,10,14H,6-7H2,1H3,(H,13,15)/t10-/m0/s1. The molecule has 0 unspecified atom stereocenters. The second-order valence-electron chi connectivity index (χ2n) is 3.29. The first kappa shape index (κ1) is 12.0. The van der Waals surface area contributed by atoms with E-state index in [1.54, 1.807) is 0 Å². The molecule has 1 aromatic carbocycles. The monoisotopic (exact) mass is 227 g/mol. The second-order valence-corrected chi connectivity index (χ2v) is 3.56. The number of nitrogens with one attached hydrogen (secondary N) is 1. The van der Waals surface area contributed by atoms with Crippen molar-refractivity contribution >= 4 is 17.5 Å². The fraction of sp³-hybridized carbons (Fsp3) is 0.364. The van der Waals surface area contributed by atoms with Gasteiger partial charge in [0.2, 0.25) is 5.91 Å². The van der Waals surface area contributed by atoms with Gasteiger partial charge in [-0.2, -0.15) is 0 Å². The Morgan fingerprint density at radius 1 is 1.53 bits per heavy atom. The molecule has 0 spiro atoms. The topological polar surface area (TPSA) is 49.3 Å². The van der Waals surface area contributed by atoms with Crippen LogP contribution in [0, 0.1) is 6.92 Å². The van der Waals surface area contributed by atoms with E-state index in [0.29, 0.717) is 0 Å². The number of halogens is 1. The smallest absolute Gasteiger partial charge is 0.235 e. The lowest BCUT2D eigenvalue weighted by Crippen LogP contribution is -2.31. The van der Waals surface area contributed by atoms with Crippen molar-refractivity contribution in [3.63, 3.8) is 0 Å². The number of amides is 1. The molecule has 0 aromatic heterocycles. The van der Waals surface area contributed by atoms with E-state index in [0.717, 1.165) is 11.1 Å². The lowest BCUT2D eigenvalue weighted by Gasteiger charge is -2.17. The molecule has 1 amide bonds. The number of hydrogen-bond donors (Lipinski definition) is 2. The minimum absolute atomic E-state index is 0.0949. The number of aliphatic hydroxyl groups excluding tert-OH is 1. The quantitative estimate of drug-likeness (QED) is 0.764. The van der Waals surface area contributed by atoms with Crippen LogP contribution in [0.4, 0.5) is 0 Å². The van der Waals surface area contributed by atoms with Crippen molar-refractivity contribution in [1.82, 2.24) is 5.32 Å². The van der Waals surface area contributed by atoms with Gasteiger partial charge in [-0.3, -0.25) is 4.79 Å². The molecule has 1 rings (SSSR count). The van der Waals surface area contributed by atoms with Crippen molar-refractivity contribution in [2.75, 3.05) is 12.5 Å². The van der Waals surface area contributed by atoms with Crippen molar-refractivity contribution in [2.45, 2.75) is 13.0 Å². The largest absolute Gasteiger partial charge is 0.394 e. The molecule has 0 aliphatic rings. The van der Waals surface area contributed by atoms with Gasteiger partial charge in [0.25, 0.3) is 0 Å². The Labute approximate surface area is 94.1 Å². The van der Waals surface area contributed by atoms with E-state index < -0.39 is 0 Å². The lowest BCUT2D eigenvalue weighted by atomic mass is 10.0. The Bertz CT molecular complexity index is 341. The predicted octanol–water partition coefficient (Wildman–Crippen LogP) is 1.38. The summed E-state index contributed by atoms with van der Waals surface area (Å²) in [5.74, 6) is -0.374. The number of rotatable bonds is 4. The van der Waals surface area contributed by atoms with Crippen LogP contribution in [0.3, 0.4) is 0 Å². The molecule has 0 saturated carbocycles. The van der Waals surface area contributed by atoms with Gasteiger partial charge in [0, 0.05) is 0 Å². The fourth-order valence-electron chi connectivity index (χ4n) is 1.43. The van der Waals surface area contributed by atoms with Gasteiger partial charge >= 0.3 is 0 Å². The maximum absolute atomic E-state index is 11.1. The third-order valence-corrected chi connectivity index (χ3v) is 2.45. The maximum atomic E-state index is 11.1. The first-order chi connectivity index (χ1) is 7.19. The Kier molecular flexibility index (Phi) is 4.59. The molecule has 82 valence electrons. The highest BCUT2D eigenvalue weighted by molar-refractivity contribution is 6.27. The first-order valence-electron chi connectivity index (χ1n) is 4.70. The average molecular weight is 228 g/mol. The van der Waals surface area contributed by atoms with Crippen molar-refractivity contribution in [1.29, 1.82) is 0 Å². The van der Waals surface area contributed by atoms with Crippen LogP contribution >= 0.6 is 11.6 Å². The van der Waals surface area contributed by atoms with E-state index in [4.69, 9.17) is 11.6 Å². The van der Waals surface area contributed by atoms with Gasteiger partial charge in [-0.25, -0.2) is 0 Å². The average Bonchev–Trinajstić information content (AvgIpc) is 2.26. The summed E-state index contributed by atoms with van der Waals surface area (Å²) in [6.07, 6.45) is 0. The zero-order chi connectivity index (χ0) is 11.3. The van der Waals surface area contributed by atoms with Gasteiger partial charge in [0.15, 0.2) is 0 Å². The van der Waals surface area contributed by atoms with E-state index in [-0.39, 0.29) is 24.4 Å². The molecule has 0 heterocycles. The molecule has 0 aliphatic heterocycles. The van der Waals surface area contributed by atoms with E-state index >= 15 is 0 Å². The number of benzene rings is 1. The van der Waals surface area contributed by atoms with Crippen LogP contribution in [-0.2, 0) is 4.79 Å². The van der Waals surface area contributed by atoms with Crippen LogP contribution in [0.25, 0.3) is 0 Å². The number of carbonyl (C=O) groups is 1. The molecule has 1 atom stereocenters. The molecule has 0 bridgehead atoms. The predicted molar refractivity (Wildman–Crippen MR) is 59.9 cm³/mol. The molecule has 0 aliphatic carbocycles. The normalized spacial score (nSPS) is 12.2. The highest BCUT2D eigenvalue weighted by atomic mass is 35.5. The van der Waals surface area contributed by atoms with Gasteiger partial charge in [0.1, 0.15) is 5.88 Å². The molecule has 2 N–H and O–H groups in total. The van der Waals surface area contributed by atoms with Gasteiger partial charge in [0.05, 0.1) is 12.6 Å². The van der Waals surface area contributed by atoms with Gasteiger partial charge in [-0.1, -0.05) is 24.3 Å². The van der Waals surface area contributed by atoms with Crippen molar-refractivity contribution < 1.29 is 9.90 Å². The number of aryl methyl sites for hydroxylation is 1. The summed E-state index contributed by atoms with van der Waals surface area (Å²) in [4.78, 5) is 11.1. The SMILES string of the molecule is Cc1ccccc1[C@H](CO)NC(=O)CCl. The molecule has 15 heavy (non-hydrogen) atoms. The summed E-state index contributed by atoms with van der Waals surface area (Å²) in [6, 6.07) is 7.22. The molecule has 0 radical (unpaired) electrons. The molecule has 3 nitrogen and oxygen atoms in total. The van der Waals surface area contributed by atoms with E-state index in [1.165, 1.54) is 0 Å². The van der Waals surface area contributed by atoms with Crippen LogP contribution < -0.4 is 5.32 Å². The summed E-state index contributed by atoms with van der Waals surface area (Å²) >= 11 is 5.39. The second kappa shape index (κ2) is 5.73. The van der Waals surface area contributed by atoms with Crippen LogP contribution in [0.5, 0.6) is 0 Å². The number of aliphatic hydroxyl groups is 1. The summed E-state index contributed by atoms with van der Waals surface area (Å²) in [5, 5.41) is 11.8. The first-order valence-corrected chi connectivity index (χ1v) is 5.24. The third kappa shape index (κ3) is 3.22. The van der Waals surface area contributed by atoms with Crippen LogP contribution in [0.2, 0.25) is 0 Å².